The number of nitrogens with zero attached hydrogens (tertiary/aromatic N) is 3. The smallest absolute Gasteiger partial charge is 0.343 e. The van der Waals surface area contributed by atoms with Gasteiger partial charge in [0.15, 0.2) is 5.75 Å². The van der Waals surface area contributed by atoms with Gasteiger partial charge in [0, 0.05) is 18.7 Å². The highest BCUT2D eigenvalue weighted by atomic mass is 16.6. The molecule has 2 aromatic rings. The first kappa shape index (κ1) is 13.7. The van der Waals surface area contributed by atoms with Crippen LogP contribution in [0.2, 0.25) is 0 Å². The molecule has 1 heterocycles. The van der Waals surface area contributed by atoms with Gasteiger partial charge in [-0.2, -0.15) is 5.10 Å². The van der Waals surface area contributed by atoms with Crippen LogP contribution in [0.3, 0.4) is 0 Å². The number of ether oxygens (including phenoxy) is 1. The van der Waals surface area contributed by atoms with Crippen LogP contribution in [0.4, 0.5) is 5.69 Å². The minimum absolute atomic E-state index is 0.0575. The van der Waals surface area contributed by atoms with Crippen molar-refractivity contribution in [2.75, 3.05) is 0 Å². The van der Waals surface area contributed by atoms with Crippen molar-refractivity contribution in [1.29, 1.82) is 0 Å². The lowest BCUT2D eigenvalue weighted by atomic mass is 10.1. The predicted molar refractivity (Wildman–Crippen MR) is 70.7 cm³/mol. The molecule has 7 nitrogen and oxygen atoms in total. The van der Waals surface area contributed by atoms with E-state index in [-0.39, 0.29) is 5.69 Å². The summed E-state index contributed by atoms with van der Waals surface area (Å²) in [6.07, 6.45) is 3.06. The van der Waals surface area contributed by atoms with Crippen LogP contribution < -0.4 is 4.74 Å². The lowest BCUT2D eigenvalue weighted by Crippen LogP contribution is -2.10. The van der Waals surface area contributed by atoms with Gasteiger partial charge in [0.05, 0.1) is 22.9 Å². The summed E-state index contributed by atoms with van der Waals surface area (Å²) in [6, 6.07) is 4.01. The van der Waals surface area contributed by atoms with Gasteiger partial charge in [-0.3, -0.25) is 14.8 Å². The Morgan fingerprint density at radius 2 is 2.25 bits per heavy atom. The maximum Gasteiger partial charge on any atom is 0.343 e. The molecule has 0 bridgehead atoms. The van der Waals surface area contributed by atoms with Gasteiger partial charge in [0.1, 0.15) is 0 Å². The lowest BCUT2D eigenvalue weighted by molar-refractivity contribution is -0.384. The van der Waals surface area contributed by atoms with Crippen molar-refractivity contribution in [2.24, 2.45) is 0 Å². The van der Waals surface area contributed by atoms with E-state index in [2.05, 4.69) is 5.10 Å². The average molecular weight is 275 g/mol. The van der Waals surface area contributed by atoms with E-state index < -0.39 is 10.9 Å². The summed E-state index contributed by atoms with van der Waals surface area (Å²) in [7, 11) is 0. The summed E-state index contributed by atoms with van der Waals surface area (Å²) in [4.78, 5) is 22.1. The lowest BCUT2D eigenvalue weighted by Gasteiger charge is -2.04. The number of nitro benzene ring substituents is 1. The largest absolute Gasteiger partial charge is 0.420 e. The molecule has 0 unspecified atom stereocenters. The maximum atomic E-state index is 12.0. The zero-order chi connectivity index (χ0) is 14.7. The van der Waals surface area contributed by atoms with Crippen molar-refractivity contribution >= 4 is 11.7 Å². The molecule has 0 atom stereocenters. The Labute approximate surface area is 114 Å². The Morgan fingerprint density at radius 1 is 1.50 bits per heavy atom. The van der Waals surface area contributed by atoms with Gasteiger partial charge in [-0.15, -0.1) is 0 Å². The molecule has 0 spiro atoms. The minimum Gasteiger partial charge on any atom is -0.420 e. The normalized spacial score (nSPS) is 10.3. The first-order valence-corrected chi connectivity index (χ1v) is 6.01. The molecule has 2 rings (SSSR count). The van der Waals surface area contributed by atoms with Crippen LogP contribution in [0.1, 0.15) is 22.8 Å². The third-order valence-electron chi connectivity index (χ3n) is 2.78. The molecule has 0 aliphatic rings. The van der Waals surface area contributed by atoms with E-state index in [9.17, 15) is 14.9 Å². The molecule has 0 aliphatic carbocycles. The molecule has 20 heavy (non-hydrogen) atoms. The number of carbonyl (C=O) groups is 1. The summed E-state index contributed by atoms with van der Waals surface area (Å²) in [6.45, 7) is 4.21. The van der Waals surface area contributed by atoms with E-state index in [0.717, 1.165) is 0 Å². The number of benzene rings is 1. The average Bonchev–Trinajstić information content (AvgIpc) is 2.85. The maximum absolute atomic E-state index is 12.0. The van der Waals surface area contributed by atoms with Crippen molar-refractivity contribution in [3.63, 3.8) is 0 Å². The zero-order valence-corrected chi connectivity index (χ0v) is 11.1. The van der Waals surface area contributed by atoms with Crippen LogP contribution in [0.5, 0.6) is 5.75 Å². The van der Waals surface area contributed by atoms with Crippen LogP contribution >= 0.6 is 0 Å². The zero-order valence-electron chi connectivity index (χ0n) is 11.1. The Kier molecular flexibility index (Phi) is 3.79. The number of aryl methyl sites for hydroxylation is 2. The van der Waals surface area contributed by atoms with Crippen molar-refractivity contribution < 1.29 is 14.5 Å². The second kappa shape index (κ2) is 5.52. The SMILES string of the molecule is CCn1cc(OC(=O)c2ccc([N+](=O)[O-])cc2C)cn1. The second-order valence-electron chi connectivity index (χ2n) is 4.18. The van der Waals surface area contributed by atoms with Crippen LogP contribution in [-0.2, 0) is 6.54 Å². The number of esters is 1. The Hall–Kier alpha value is -2.70. The molecule has 104 valence electrons. The fourth-order valence-corrected chi connectivity index (χ4v) is 1.72. The molecule has 7 heteroatoms. The quantitative estimate of drug-likeness (QED) is 0.485. The first-order chi connectivity index (χ1) is 9.51. The van der Waals surface area contributed by atoms with Gasteiger partial charge in [-0.1, -0.05) is 0 Å². The van der Waals surface area contributed by atoms with E-state index in [0.29, 0.717) is 23.4 Å². The van der Waals surface area contributed by atoms with Crippen LogP contribution in [-0.4, -0.2) is 20.7 Å². The molecule has 1 aromatic heterocycles. The van der Waals surface area contributed by atoms with Gasteiger partial charge < -0.3 is 4.74 Å². The number of carbonyl (C=O) groups excluding carboxylic acids is 1. The second-order valence-corrected chi connectivity index (χ2v) is 4.18. The highest BCUT2D eigenvalue weighted by molar-refractivity contribution is 5.92. The number of rotatable bonds is 4. The van der Waals surface area contributed by atoms with Gasteiger partial charge in [-0.05, 0) is 25.5 Å². The number of nitro groups is 1. The highest BCUT2D eigenvalue weighted by Crippen LogP contribution is 2.19. The molecular weight excluding hydrogens is 262 g/mol. The van der Waals surface area contributed by atoms with E-state index in [1.165, 1.54) is 24.4 Å². The van der Waals surface area contributed by atoms with Crippen LogP contribution in [0, 0.1) is 17.0 Å². The standard InChI is InChI=1S/C13H13N3O4/c1-3-15-8-11(7-14-15)20-13(17)12-5-4-10(16(18)19)6-9(12)2/h4-8H,3H2,1-2H3. The summed E-state index contributed by atoms with van der Waals surface area (Å²) in [5.74, 6) is -0.220. The number of aromatic nitrogens is 2. The van der Waals surface area contributed by atoms with E-state index in [1.807, 2.05) is 6.92 Å². The fourth-order valence-electron chi connectivity index (χ4n) is 1.72. The first-order valence-electron chi connectivity index (χ1n) is 6.01. The molecule has 0 aliphatic heterocycles. The van der Waals surface area contributed by atoms with Gasteiger partial charge >= 0.3 is 5.97 Å². The number of non-ortho nitro benzene ring substituents is 1. The highest BCUT2D eigenvalue weighted by Gasteiger charge is 2.16. The predicted octanol–water partition coefficient (Wildman–Crippen LogP) is 2.34. The van der Waals surface area contributed by atoms with Crippen molar-refractivity contribution in [2.45, 2.75) is 20.4 Å². The monoisotopic (exact) mass is 275 g/mol. The summed E-state index contributed by atoms with van der Waals surface area (Å²) >= 11 is 0. The van der Waals surface area contributed by atoms with Gasteiger partial charge in [0.25, 0.3) is 5.69 Å². The Morgan fingerprint density at radius 3 is 2.80 bits per heavy atom. The molecule has 0 fully saturated rings. The molecule has 0 amide bonds. The van der Waals surface area contributed by atoms with E-state index >= 15 is 0 Å². The third kappa shape index (κ3) is 2.82. The fraction of sp³-hybridized carbons (Fsp3) is 0.231. The topological polar surface area (TPSA) is 87.3 Å². The Bertz CT molecular complexity index is 663. The molecule has 1 aromatic carbocycles. The molecular formula is C13H13N3O4. The summed E-state index contributed by atoms with van der Waals surface area (Å²) < 4.78 is 6.80. The summed E-state index contributed by atoms with van der Waals surface area (Å²) in [5, 5.41) is 14.6. The number of hydrogen-bond donors (Lipinski definition) is 0. The van der Waals surface area contributed by atoms with E-state index in [4.69, 9.17) is 4.74 Å². The van der Waals surface area contributed by atoms with E-state index in [1.54, 1.807) is 17.8 Å². The van der Waals surface area contributed by atoms with Crippen LogP contribution in [0.25, 0.3) is 0 Å². The number of hydrogen-bond acceptors (Lipinski definition) is 5. The molecule has 0 saturated carbocycles. The minimum atomic E-state index is -0.562. The summed E-state index contributed by atoms with van der Waals surface area (Å²) in [5.41, 5.74) is 0.727. The van der Waals surface area contributed by atoms with Crippen molar-refractivity contribution in [1.82, 2.24) is 9.78 Å². The molecule has 0 radical (unpaired) electrons. The van der Waals surface area contributed by atoms with Crippen molar-refractivity contribution in [3.05, 3.63) is 51.8 Å². The molecule has 0 saturated heterocycles. The Balaban J connectivity index is 2.18. The third-order valence-corrected chi connectivity index (χ3v) is 2.78. The van der Waals surface area contributed by atoms with Gasteiger partial charge in [-0.25, -0.2) is 4.79 Å². The van der Waals surface area contributed by atoms with Crippen LogP contribution in [0.15, 0.2) is 30.6 Å². The molecule has 0 N–H and O–H groups in total. The van der Waals surface area contributed by atoms with Crippen molar-refractivity contribution in [3.8, 4) is 5.75 Å². The van der Waals surface area contributed by atoms with Gasteiger partial charge in [0.2, 0.25) is 0 Å².